The summed E-state index contributed by atoms with van der Waals surface area (Å²) in [5, 5.41) is 0. The fourth-order valence-corrected chi connectivity index (χ4v) is 3.51. The molecule has 0 aliphatic carbocycles. The van der Waals surface area contributed by atoms with Gasteiger partial charge in [0.05, 0.1) is 12.7 Å². The molecule has 3 rings (SSSR count). The summed E-state index contributed by atoms with van der Waals surface area (Å²) in [7, 11) is 0. The van der Waals surface area contributed by atoms with Gasteiger partial charge in [-0.2, -0.15) is 0 Å². The van der Waals surface area contributed by atoms with Crippen molar-refractivity contribution in [3.63, 3.8) is 0 Å². The van der Waals surface area contributed by atoms with Crippen molar-refractivity contribution in [1.29, 1.82) is 0 Å². The van der Waals surface area contributed by atoms with Gasteiger partial charge in [0.25, 0.3) is 5.91 Å². The zero-order chi connectivity index (χ0) is 20.1. The summed E-state index contributed by atoms with van der Waals surface area (Å²) in [6, 6.07) is 12.9. The molecule has 0 saturated carbocycles. The molecule has 2 aromatic rings. The number of carbonyl (C=O) groups excluding carboxylic acids is 1. The van der Waals surface area contributed by atoms with Crippen molar-refractivity contribution in [2.75, 3.05) is 13.1 Å². The van der Waals surface area contributed by atoms with E-state index in [0.29, 0.717) is 24.2 Å². The first-order valence-electron chi connectivity index (χ1n) is 8.81. The van der Waals surface area contributed by atoms with Crippen LogP contribution in [0, 0.1) is 0 Å². The van der Waals surface area contributed by atoms with Gasteiger partial charge in [-0.05, 0) is 48.7 Å². The van der Waals surface area contributed by atoms with Gasteiger partial charge in [0, 0.05) is 23.1 Å². The smallest absolute Gasteiger partial charge is 0.406 e. The minimum atomic E-state index is -4.73. The van der Waals surface area contributed by atoms with Crippen LogP contribution in [-0.2, 0) is 11.3 Å². The molecule has 0 N–H and O–H groups in total. The monoisotopic (exact) mass is 457 g/mol. The summed E-state index contributed by atoms with van der Waals surface area (Å²) < 4.78 is 47.6. The zero-order valence-corrected chi connectivity index (χ0v) is 16.5. The van der Waals surface area contributed by atoms with Gasteiger partial charge in [0.1, 0.15) is 5.75 Å². The van der Waals surface area contributed by atoms with Crippen LogP contribution in [0.3, 0.4) is 0 Å². The van der Waals surface area contributed by atoms with Crippen LogP contribution in [0.2, 0.25) is 0 Å². The summed E-state index contributed by atoms with van der Waals surface area (Å²) in [6.45, 7) is 1.25. The first-order chi connectivity index (χ1) is 13.3. The highest BCUT2D eigenvalue weighted by Crippen LogP contribution is 2.24. The normalized spacial score (nSPS) is 17.4. The van der Waals surface area contributed by atoms with E-state index in [1.54, 1.807) is 23.1 Å². The lowest BCUT2D eigenvalue weighted by Crippen LogP contribution is -2.43. The van der Waals surface area contributed by atoms with E-state index < -0.39 is 6.36 Å². The highest BCUT2D eigenvalue weighted by atomic mass is 79.9. The molecule has 0 spiro atoms. The molecule has 0 bridgehead atoms. The Kier molecular flexibility index (Phi) is 6.61. The fourth-order valence-electron chi connectivity index (χ4n) is 3.11. The van der Waals surface area contributed by atoms with Gasteiger partial charge in [-0.3, -0.25) is 4.79 Å². The van der Waals surface area contributed by atoms with E-state index in [1.165, 1.54) is 18.2 Å². The quantitative estimate of drug-likeness (QED) is 0.621. The number of rotatable bonds is 5. The number of hydrogen-bond acceptors (Lipinski definition) is 3. The molecule has 1 unspecified atom stereocenters. The highest BCUT2D eigenvalue weighted by molar-refractivity contribution is 9.10. The second-order valence-electron chi connectivity index (χ2n) is 6.53. The van der Waals surface area contributed by atoms with Crippen LogP contribution in [0.25, 0.3) is 0 Å². The molecule has 1 aliphatic rings. The summed E-state index contributed by atoms with van der Waals surface area (Å²) in [5.74, 6) is -0.334. The molecule has 0 radical (unpaired) electrons. The maximum absolute atomic E-state index is 12.7. The number of likely N-dealkylation sites (tertiary alicyclic amines) is 1. The Hall–Kier alpha value is -2.06. The van der Waals surface area contributed by atoms with E-state index in [4.69, 9.17) is 4.74 Å². The molecule has 1 saturated heterocycles. The number of benzene rings is 2. The Bertz CT molecular complexity index is 828. The summed E-state index contributed by atoms with van der Waals surface area (Å²) in [4.78, 5) is 14.4. The van der Waals surface area contributed by atoms with E-state index in [1.807, 2.05) is 12.1 Å². The molecular formula is C20H19BrF3NO3. The van der Waals surface area contributed by atoms with Crippen LogP contribution < -0.4 is 4.74 Å². The molecule has 28 heavy (non-hydrogen) atoms. The number of alkyl halides is 3. The van der Waals surface area contributed by atoms with Gasteiger partial charge in [0.2, 0.25) is 0 Å². The van der Waals surface area contributed by atoms with Crippen molar-refractivity contribution >= 4 is 21.8 Å². The lowest BCUT2D eigenvalue weighted by molar-refractivity contribution is -0.274. The van der Waals surface area contributed by atoms with E-state index in [0.717, 1.165) is 17.3 Å². The Morgan fingerprint density at radius 2 is 1.96 bits per heavy atom. The summed E-state index contributed by atoms with van der Waals surface area (Å²) in [5.41, 5.74) is 1.18. The number of piperidine rings is 1. The fraction of sp³-hybridized carbons (Fsp3) is 0.350. The average molecular weight is 458 g/mol. The Balaban J connectivity index is 1.57. The largest absolute Gasteiger partial charge is 0.573 e. The third-order valence-corrected chi connectivity index (χ3v) is 4.85. The number of carbonyl (C=O) groups is 1. The van der Waals surface area contributed by atoms with Crippen LogP contribution >= 0.6 is 15.9 Å². The van der Waals surface area contributed by atoms with Crippen molar-refractivity contribution in [2.45, 2.75) is 31.9 Å². The topological polar surface area (TPSA) is 38.8 Å². The molecule has 4 nitrogen and oxygen atoms in total. The Labute approximate surface area is 169 Å². The first-order valence-corrected chi connectivity index (χ1v) is 9.60. The molecule has 1 heterocycles. The Morgan fingerprint density at radius 1 is 1.18 bits per heavy atom. The number of amides is 1. The molecular weight excluding hydrogens is 439 g/mol. The zero-order valence-electron chi connectivity index (χ0n) is 14.9. The van der Waals surface area contributed by atoms with Crippen LogP contribution in [-0.4, -0.2) is 36.4 Å². The molecule has 8 heteroatoms. The average Bonchev–Trinajstić information content (AvgIpc) is 2.65. The molecule has 1 fully saturated rings. The van der Waals surface area contributed by atoms with Crippen molar-refractivity contribution in [1.82, 2.24) is 4.90 Å². The minimum Gasteiger partial charge on any atom is -0.406 e. The Morgan fingerprint density at radius 3 is 2.71 bits per heavy atom. The molecule has 2 aromatic carbocycles. The van der Waals surface area contributed by atoms with Crippen molar-refractivity contribution in [2.24, 2.45) is 0 Å². The minimum absolute atomic E-state index is 0.0600. The molecule has 0 aromatic heterocycles. The highest BCUT2D eigenvalue weighted by Gasteiger charge is 2.31. The van der Waals surface area contributed by atoms with Crippen LogP contribution in [0.15, 0.2) is 53.0 Å². The predicted octanol–water partition coefficient (Wildman–Crippen LogP) is 5.17. The predicted molar refractivity (Wildman–Crippen MR) is 101 cm³/mol. The first kappa shape index (κ1) is 20.7. The maximum Gasteiger partial charge on any atom is 0.573 e. The van der Waals surface area contributed by atoms with Gasteiger partial charge in [-0.25, -0.2) is 0 Å². The molecule has 1 amide bonds. The number of hydrogen-bond donors (Lipinski definition) is 0. The second-order valence-corrected chi connectivity index (χ2v) is 7.45. The third kappa shape index (κ3) is 5.97. The standard InChI is InChI=1S/C20H19BrF3NO3/c21-16-6-2-5-15(11-16)19(26)25-9-3-8-18(12-25)27-13-14-4-1-7-17(10-14)28-20(22,23)24/h1-2,4-7,10-11,18H,3,8-9,12-13H2. The van der Waals surface area contributed by atoms with E-state index in [9.17, 15) is 18.0 Å². The SMILES string of the molecule is O=C(c1cccc(Br)c1)N1CCCC(OCc2cccc(OC(F)(F)F)c2)C1. The maximum atomic E-state index is 12.7. The van der Waals surface area contributed by atoms with E-state index in [2.05, 4.69) is 20.7 Å². The van der Waals surface area contributed by atoms with E-state index in [-0.39, 0.29) is 24.4 Å². The summed E-state index contributed by atoms with van der Waals surface area (Å²) >= 11 is 3.36. The van der Waals surface area contributed by atoms with E-state index >= 15 is 0 Å². The van der Waals surface area contributed by atoms with Crippen molar-refractivity contribution < 1.29 is 27.4 Å². The van der Waals surface area contributed by atoms with Crippen LogP contribution in [0.4, 0.5) is 13.2 Å². The second kappa shape index (κ2) is 8.96. The third-order valence-electron chi connectivity index (χ3n) is 4.35. The van der Waals surface area contributed by atoms with Crippen molar-refractivity contribution in [3.8, 4) is 5.75 Å². The lowest BCUT2D eigenvalue weighted by atomic mass is 10.1. The van der Waals surface area contributed by atoms with Crippen LogP contribution in [0.1, 0.15) is 28.8 Å². The summed E-state index contributed by atoms with van der Waals surface area (Å²) in [6.07, 6.45) is -3.30. The number of nitrogens with zero attached hydrogens (tertiary/aromatic N) is 1. The van der Waals surface area contributed by atoms with Gasteiger partial charge in [0.15, 0.2) is 0 Å². The lowest BCUT2D eigenvalue weighted by Gasteiger charge is -2.32. The molecule has 1 atom stereocenters. The number of ether oxygens (including phenoxy) is 2. The van der Waals surface area contributed by atoms with Crippen molar-refractivity contribution in [3.05, 3.63) is 64.1 Å². The number of halogens is 4. The van der Waals surface area contributed by atoms with Gasteiger partial charge >= 0.3 is 6.36 Å². The van der Waals surface area contributed by atoms with Gasteiger partial charge in [-0.15, -0.1) is 13.2 Å². The molecule has 1 aliphatic heterocycles. The van der Waals surface area contributed by atoms with Gasteiger partial charge in [-0.1, -0.05) is 34.1 Å². The van der Waals surface area contributed by atoms with Crippen LogP contribution in [0.5, 0.6) is 5.75 Å². The van der Waals surface area contributed by atoms with Gasteiger partial charge < -0.3 is 14.4 Å². The molecule has 150 valence electrons.